The Kier molecular flexibility index (Phi) is 5.25. The summed E-state index contributed by atoms with van der Waals surface area (Å²) in [5.74, 6) is 2.75. The van der Waals surface area contributed by atoms with E-state index in [1.165, 1.54) is 11.1 Å². The third kappa shape index (κ3) is 4.29. The Balaban J connectivity index is 1.17. The van der Waals surface area contributed by atoms with Gasteiger partial charge in [0, 0.05) is 18.3 Å². The molecule has 0 atom stereocenters. The van der Waals surface area contributed by atoms with Crippen LogP contribution in [0.2, 0.25) is 0 Å². The molecule has 0 saturated carbocycles. The summed E-state index contributed by atoms with van der Waals surface area (Å²) in [7, 11) is 0. The molecule has 4 aromatic rings. The van der Waals surface area contributed by atoms with Crippen molar-refractivity contribution in [2.45, 2.75) is 20.1 Å². The van der Waals surface area contributed by atoms with Gasteiger partial charge < -0.3 is 23.9 Å². The van der Waals surface area contributed by atoms with Gasteiger partial charge in [0.2, 0.25) is 6.79 Å². The van der Waals surface area contributed by atoms with Gasteiger partial charge in [-0.2, -0.15) is 5.10 Å². The summed E-state index contributed by atoms with van der Waals surface area (Å²) in [5, 5.41) is 7.18. The van der Waals surface area contributed by atoms with Crippen LogP contribution in [0.5, 0.6) is 17.2 Å². The molecule has 32 heavy (non-hydrogen) atoms. The number of fused-ring (bicyclic) bond motifs is 1. The molecule has 0 radical (unpaired) electrons. The molecule has 1 amide bonds. The molecule has 8 heteroatoms. The molecule has 0 fully saturated rings. The van der Waals surface area contributed by atoms with Gasteiger partial charge in [0.1, 0.15) is 18.1 Å². The van der Waals surface area contributed by atoms with E-state index in [1.807, 2.05) is 18.3 Å². The SMILES string of the molecule is Cc1ccccc1Cn1ccc(NC(=O)c2ccc(COc3ccc4c(c3)OCO4)o2)n1. The first-order chi connectivity index (χ1) is 15.6. The Bertz CT molecular complexity index is 1260. The van der Waals surface area contributed by atoms with Crippen molar-refractivity contribution in [2.24, 2.45) is 0 Å². The minimum Gasteiger partial charge on any atom is -0.486 e. The van der Waals surface area contributed by atoms with Crippen molar-refractivity contribution >= 4 is 11.7 Å². The highest BCUT2D eigenvalue weighted by Gasteiger charge is 2.16. The van der Waals surface area contributed by atoms with Gasteiger partial charge in [-0.25, -0.2) is 0 Å². The fourth-order valence-corrected chi connectivity index (χ4v) is 3.35. The molecule has 5 rings (SSSR count). The second-order valence-electron chi connectivity index (χ2n) is 7.35. The fourth-order valence-electron chi connectivity index (χ4n) is 3.35. The Morgan fingerprint density at radius 2 is 1.97 bits per heavy atom. The summed E-state index contributed by atoms with van der Waals surface area (Å²) < 4.78 is 23.7. The number of rotatable bonds is 7. The first-order valence-corrected chi connectivity index (χ1v) is 10.1. The maximum absolute atomic E-state index is 12.5. The smallest absolute Gasteiger partial charge is 0.292 e. The number of nitrogens with zero attached hydrogens (tertiary/aromatic N) is 2. The monoisotopic (exact) mass is 431 g/mol. The number of carbonyl (C=O) groups is 1. The summed E-state index contributed by atoms with van der Waals surface area (Å²) in [5.41, 5.74) is 2.37. The lowest BCUT2D eigenvalue weighted by Gasteiger charge is -2.05. The lowest BCUT2D eigenvalue weighted by Crippen LogP contribution is -2.12. The van der Waals surface area contributed by atoms with Gasteiger partial charge >= 0.3 is 0 Å². The van der Waals surface area contributed by atoms with Crippen LogP contribution in [0.15, 0.2) is 71.3 Å². The minimum atomic E-state index is -0.375. The zero-order valence-electron chi connectivity index (χ0n) is 17.4. The number of aromatic nitrogens is 2. The fraction of sp³-hybridized carbons (Fsp3) is 0.167. The number of hydrogen-bond acceptors (Lipinski definition) is 6. The maximum atomic E-state index is 12.5. The van der Waals surface area contributed by atoms with E-state index in [9.17, 15) is 4.79 Å². The zero-order valence-corrected chi connectivity index (χ0v) is 17.4. The van der Waals surface area contributed by atoms with Crippen molar-refractivity contribution in [3.63, 3.8) is 0 Å². The van der Waals surface area contributed by atoms with E-state index in [0.29, 0.717) is 35.4 Å². The molecule has 0 spiro atoms. The highest BCUT2D eigenvalue weighted by Crippen LogP contribution is 2.35. The molecule has 0 saturated heterocycles. The number of anilines is 1. The summed E-state index contributed by atoms with van der Waals surface area (Å²) in [6, 6.07) is 18.5. The first kappa shape index (κ1) is 19.7. The van der Waals surface area contributed by atoms with Crippen LogP contribution in [0.1, 0.15) is 27.4 Å². The summed E-state index contributed by atoms with van der Waals surface area (Å²) in [4.78, 5) is 12.5. The van der Waals surface area contributed by atoms with Crippen molar-refractivity contribution in [1.29, 1.82) is 0 Å². The second kappa shape index (κ2) is 8.50. The number of hydrogen-bond donors (Lipinski definition) is 1. The van der Waals surface area contributed by atoms with Gasteiger partial charge in [0.05, 0.1) is 6.54 Å². The largest absolute Gasteiger partial charge is 0.486 e. The predicted octanol–water partition coefficient (Wildman–Crippen LogP) is 4.39. The summed E-state index contributed by atoms with van der Waals surface area (Å²) >= 11 is 0. The van der Waals surface area contributed by atoms with E-state index in [4.69, 9.17) is 18.6 Å². The van der Waals surface area contributed by atoms with Crippen molar-refractivity contribution in [3.05, 3.63) is 89.5 Å². The van der Waals surface area contributed by atoms with E-state index < -0.39 is 0 Å². The van der Waals surface area contributed by atoms with Crippen LogP contribution in [-0.4, -0.2) is 22.5 Å². The van der Waals surface area contributed by atoms with Crippen molar-refractivity contribution in [2.75, 3.05) is 12.1 Å². The predicted molar refractivity (Wildman–Crippen MR) is 116 cm³/mol. The molecule has 0 unspecified atom stereocenters. The van der Waals surface area contributed by atoms with E-state index in [0.717, 1.165) is 0 Å². The standard InChI is InChI=1S/C24H21N3O5/c1-16-4-2-3-5-17(16)13-27-11-10-23(26-27)25-24(28)21-9-7-19(32-21)14-29-18-6-8-20-22(12-18)31-15-30-20/h2-12H,13-15H2,1H3,(H,25,26,28). The molecule has 1 aliphatic heterocycles. The number of furan rings is 1. The third-order valence-electron chi connectivity index (χ3n) is 5.09. The molecular weight excluding hydrogens is 410 g/mol. The van der Waals surface area contributed by atoms with E-state index in [2.05, 4.69) is 29.5 Å². The Hall–Kier alpha value is -4.20. The second-order valence-corrected chi connectivity index (χ2v) is 7.35. The van der Waals surface area contributed by atoms with Gasteiger partial charge in [-0.05, 0) is 42.3 Å². The average Bonchev–Trinajstić information content (AvgIpc) is 3.54. The molecule has 8 nitrogen and oxygen atoms in total. The van der Waals surface area contributed by atoms with Gasteiger partial charge in [0.25, 0.3) is 5.91 Å². The molecule has 2 aromatic carbocycles. The Morgan fingerprint density at radius 3 is 2.88 bits per heavy atom. The van der Waals surface area contributed by atoms with Crippen molar-refractivity contribution in [3.8, 4) is 17.2 Å². The molecule has 0 bridgehead atoms. The number of amides is 1. The van der Waals surface area contributed by atoms with E-state index >= 15 is 0 Å². The normalized spacial score (nSPS) is 12.0. The molecule has 1 aliphatic rings. The van der Waals surface area contributed by atoms with Crippen LogP contribution in [0, 0.1) is 6.92 Å². The number of aryl methyl sites for hydroxylation is 1. The van der Waals surface area contributed by atoms with Gasteiger partial charge in [-0.15, -0.1) is 0 Å². The quantitative estimate of drug-likeness (QED) is 0.467. The van der Waals surface area contributed by atoms with Crippen LogP contribution in [0.4, 0.5) is 5.82 Å². The summed E-state index contributed by atoms with van der Waals surface area (Å²) in [6.07, 6.45) is 1.83. The third-order valence-corrected chi connectivity index (χ3v) is 5.09. The van der Waals surface area contributed by atoms with Gasteiger partial charge in [-0.3, -0.25) is 9.48 Å². The number of nitrogens with one attached hydrogen (secondary N) is 1. The molecule has 2 aromatic heterocycles. The van der Waals surface area contributed by atoms with Crippen LogP contribution in [0.25, 0.3) is 0 Å². The van der Waals surface area contributed by atoms with Crippen molar-refractivity contribution in [1.82, 2.24) is 9.78 Å². The number of benzene rings is 2. The van der Waals surface area contributed by atoms with Crippen LogP contribution in [0.3, 0.4) is 0 Å². The van der Waals surface area contributed by atoms with Crippen LogP contribution < -0.4 is 19.5 Å². The minimum absolute atomic E-state index is 0.179. The topological polar surface area (TPSA) is 87.8 Å². The van der Waals surface area contributed by atoms with Crippen LogP contribution in [-0.2, 0) is 13.2 Å². The van der Waals surface area contributed by atoms with E-state index in [-0.39, 0.29) is 25.1 Å². The highest BCUT2D eigenvalue weighted by molar-refractivity contribution is 6.01. The molecule has 0 aliphatic carbocycles. The Labute approximate surface area is 184 Å². The van der Waals surface area contributed by atoms with Crippen molar-refractivity contribution < 1.29 is 23.4 Å². The van der Waals surface area contributed by atoms with E-state index in [1.54, 1.807) is 41.1 Å². The molecule has 1 N–H and O–H groups in total. The molecule has 162 valence electrons. The summed E-state index contributed by atoms with van der Waals surface area (Å²) in [6.45, 7) is 3.08. The Morgan fingerprint density at radius 1 is 1.09 bits per heavy atom. The maximum Gasteiger partial charge on any atom is 0.292 e. The lowest BCUT2D eigenvalue weighted by atomic mass is 10.1. The van der Waals surface area contributed by atoms with Gasteiger partial charge in [0.15, 0.2) is 23.1 Å². The first-order valence-electron chi connectivity index (χ1n) is 10.1. The number of carbonyl (C=O) groups excluding carboxylic acids is 1. The zero-order chi connectivity index (χ0) is 21.9. The number of ether oxygens (including phenoxy) is 3. The lowest BCUT2D eigenvalue weighted by molar-refractivity contribution is 0.0992. The average molecular weight is 431 g/mol. The molecular formula is C24H21N3O5. The molecule has 3 heterocycles. The van der Waals surface area contributed by atoms with Crippen LogP contribution >= 0.6 is 0 Å². The highest BCUT2D eigenvalue weighted by atomic mass is 16.7. The van der Waals surface area contributed by atoms with Gasteiger partial charge in [-0.1, -0.05) is 24.3 Å².